The lowest BCUT2D eigenvalue weighted by atomic mass is 10.1. The van der Waals surface area contributed by atoms with Crippen LogP contribution in [0.1, 0.15) is 24.6 Å². The van der Waals surface area contributed by atoms with Gasteiger partial charge in [-0.25, -0.2) is 0 Å². The van der Waals surface area contributed by atoms with Crippen LogP contribution in [0.2, 0.25) is 0 Å². The molecule has 2 N–H and O–H groups in total. The molecule has 1 unspecified atom stereocenters. The SMILES string of the molecule is COc1ccc(-c2n[nH]c(C3CCCN3)c2Br)cc1. The fourth-order valence-electron chi connectivity index (χ4n) is 2.44. The van der Waals surface area contributed by atoms with E-state index in [2.05, 4.69) is 31.4 Å². The lowest BCUT2D eigenvalue weighted by molar-refractivity contribution is 0.415. The van der Waals surface area contributed by atoms with E-state index < -0.39 is 0 Å². The van der Waals surface area contributed by atoms with E-state index in [1.54, 1.807) is 7.11 Å². The first-order valence-corrected chi connectivity index (χ1v) is 7.20. The molecular weight excluding hydrogens is 306 g/mol. The minimum atomic E-state index is 0.383. The van der Waals surface area contributed by atoms with Gasteiger partial charge in [0, 0.05) is 5.56 Å². The van der Waals surface area contributed by atoms with Gasteiger partial charge in [0.1, 0.15) is 11.4 Å². The zero-order valence-electron chi connectivity index (χ0n) is 10.7. The van der Waals surface area contributed by atoms with Crippen LogP contribution in [0.25, 0.3) is 11.3 Å². The summed E-state index contributed by atoms with van der Waals surface area (Å²) < 4.78 is 6.22. The third kappa shape index (κ3) is 2.40. The first kappa shape index (κ1) is 12.7. The molecule has 0 aliphatic carbocycles. The summed E-state index contributed by atoms with van der Waals surface area (Å²) in [6.07, 6.45) is 2.37. The molecule has 100 valence electrons. The zero-order chi connectivity index (χ0) is 13.2. The fourth-order valence-corrected chi connectivity index (χ4v) is 3.13. The van der Waals surface area contributed by atoms with E-state index >= 15 is 0 Å². The molecule has 1 fully saturated rings. The molecular formula is C14H16BrN3O. The number of methoxy groups -OCH3 is 1. The van der Waals surface area contributed by atoms with Crippen molar-refractivity contribution in [2.24, 2.45) is 0 Å². The highest BCUT2D eigenvalue weighted by molar-refractivity contribution is 9.10. The summed E-state index contributed by atoms with van der Waals surface area (Å²) in [6.45, 7) is 1.08. The summed E-state index contributed by atoms with van der Waals surface area (Å²) in [5.74, 6) is 0.855. The summed E-state index contributed by atoms with van der Waals surface area (Å²) in [5.41, 5.74) is 3.17. The second-order valence-electron chi connectivity index (χ2n) is 4.68. The van der Waals surface area contributed by atoms with E-state index in [9.17, 15) is 0 Å². The van der Waals surface area contributed by atoms with Gasteiger partial charge in [-0.15, -0.1) is 0 Å². The summed E-state index contributed by atoms with van der Waals surface area (Å²) in [6, 6.07) is 8.32. The first-order chi connectivity index (χ1) is 9.29. The Morgan fingerprint density at radius 3 is 2.74 bits per heavy atom. The fraction of sp³-hybridized carbons (Fsp3) is 0.357. The Morgan fingerprint density at radius 1 is 1.32 bits per heavy atom. The molecule has 1 saturated heterocycles. The number of H-pyrrole nitrogens is 1. The average Bonchev–Trinajstić information content (AvgIpc) is 3.08. The number of hydrogen-bond acceptors (Lipinski definition) is 3. The molecule has 1 atom stereocenters. The van der Waals surface area contributed by atoms with Crippen LogP contribution in [0.3, 0.4) is 0 Å². The van der Waals surface area contributed by atoms with Gasteiger partial charge >= 0.3 is 0 Å². The summed E-state index contributed by atoms with van der Waals surface area (Å²) in [5, 5.41) is 11.1. The largest absolute Gasteiger partial charge is 0.497 e. The molecule has 1 aromatic carbocycles. The van der Waals surface area contributed by atoms with Crippen LogP contribution < -0.4 is 10.1 Å². The molecule has 2 aromatic rings. The van der Waals surface area contributed by atoms with Crippen molar-refractivity contribution in [2.45, 2.75) is 18.9 Å². The second kappa shape index (κ2) is 5.35. The van der Waals surface area contributed by atoms with E-state index in [0.29, 0.717) is 6.04 Å². The van der Waals surface area contributed by atoms with Crippen molar-refractivity contribution in [1.29, 1.82) is 0 Å². The summed E-state index contributed by atoms with van der Waals surface area (Å²) in [7, 11) is 1.67. The van der Waals surface area contributed by atoms with Gasteiger partial charge in [0.05, 0.1) is 23.3 Å². The predicted molar refractivity (Wildman–Crippen MR) is 78.3 cm³/mol. The number of benzene rings is 1. The van der Waals surface area contributed by atoms with Gasteiger partial charge in [-0.1, -0.05) is 0 Å². The minimum Gasteiger partial charge on any atom is -0.497 e. The molecule has 19 heavy (non-hydrogen) atoms. The highest BCUT2D eigenvalue weighted by Crippen LogP contribution is 2.35. The third-order valence-electron chi connectivity index (χ3n) is 3.50. The Morgan fingerprint density at radius 2 is 2.11 bits per heavy atom. The number of hydrogen-bond donors (Lipinski definition) is 2. The molecule has 1 aromatic heterocycles. The lowest BCUT2D eigenvalue weighted by Crippen LogP contribution is -2.13. The molecule has 1 aliphatic heterocycles. The van der Waals surface area contributed by atoms with E-state index in [1.807, 2.05) is 24.3 Å². The maximum Gasteiger partial charge on any atom is 0.118 e. The Bertz CT molecular complexity index is 559. The Balaban J connectivity index is 1.92. The quantitative estimate of drug-likeness (QED) is 0.912. The van der Waals surface area contributed by atoms with Crippen LogP contribution in [0.15, 0.2) is 28.7 Å². The van der Waals surface area contributed by atoms with Gasteiger partial charge < -0.3 is 10.1 Å². The maximum absolute atomic E-state index is 5.17. The smallest absolute Gasteiger partial charge is 0.118 e. The Hall–Kier alpha value is -1.33. The molecule has 0 amide bonds. The van der Waals surface area contributed by atoms with Gasteiger partial charge in [0.2, 0.25) is 0 Å². The number of aromatic nitrogens is 2. The topological polar surface area (TPSA) is 49.9 Å². The zero-order valence-corrected chi connectivity index (χ0v) is 12.3. The maximum atomic E-state index is 5.17. The number of aromatic amines is 1. The molecule has 0 radical (unpaired) electrons. The van der Waals surface area contributed by atoms with Gasteiger partial charge in [-0.3, -0.25) is 5.10 Å². The van der Waals surface area contributed by atoms with Crippen molar-refractivity contribution in [2.75, 3.05) is 13.7 Å². The molecule has 3 rings (SSSR count). The third-order valence-corrected chi connectivity index (χ3v) is 4.31. The highest BCUT2D eigenvalue weighted by Gasteiger charge is 2.23. The van der Waals surface area contributed by atoms with Crippen LogP contribution >= 0.6 is 15.9 Å². The molecule has 0 bridgehead atoms. The van der Waals surface area contributed by atoms with Crippen LogP contribution in [0.4, 0.5) is 0 Å². The number of halogens is 1. The van der Waals surface area contributed by atoms with Gasteiger partial charge in [0.25, 0.3) is 0 Å². The van der Waals surface area contributed by atoms with Crippen LogP contribution in [-0.2, 0) is 0 Å². The van der Waals surface area contributed by atoms with E-state index in [1.165, 1.54) is 6.42 Å². The highest BCUT2D eigenvalue weighted by atomic mass is 79.9. The summed E-state index contributed by atoms with van der Waals surface area (Å²) in [4.78, 5) is 0. The Kier molecular flexibility index (Phi) is 3.57. The standard InChI is InChI=1S/C14H16BrN3O/c1-19-10-6-4-9(5-7-10)13-12(15)14(18-17-13)11-3-2-8-16-11/h4-7,11,16H,2-3,8H2,1H3,(H,17,18). The van der Waals surface area contributed by atoms with Gasteiger partial charge in [0.15, 0.2) is 0 Å². The van der Waals surface area contributed by atoms with Crippen molar-refractivity contribution in [3.05, 3.63) is 34.4 Å². The van der Waals surface area contributed by atoms with Crippen LogP contribution in [-0.4, -0.2) is 23.9 Å². The van der Waals surface area contributed by atoms with Gasteiger partial charge in [-0.2, -0.15) is 5.10 Å². The van der Waals surface area contributed by atoms with Crippen molar-refractivity contribution in [3.8, 4) is 17.0 Å². The van der Waals surface area contributed by atoms with Gasteiger partial charge in [-0.05, 0) is 59.6 Å². The molecule has 0 spiro atoms. The molecule has 0 saturated carbocycles. The predicted octanol–water partition coefficient (Wildman–Crippen LogP) is 3.27. The minimum absolute atomic E-state index is 0.383. The van der Waals surface area contributed by atoms with Crippen molar-refractivity contribution in [1.82, 2.24) is 15.5 Å². The lowest BCUT2D eigenvalue weighted by Gasteiger charge is -2.08. The normalized spacial score (nSPS) is 18.7. The first-order valence-electron chi connectivity index (χ1n) is 6.41. The van der Waals surface area contributed by atoms with Crippen molar-refractivity contribution < 1.29 is 4.74 Å². The molecule has 4 nitrogen and oxygen atoms in total. The van der Waals surface area contributed by atoms with E-state index in [-0.39, 0.29) is 0 Å². The van der Waals surface area contributed by atoms with E-state index in [0.717, 1.165) is 40.1 Å². The number of nitrogens with one attached hydrogen (secondary N) is 2. The van der Waals surface area contributed by atoms with E-state index in [4.69, 9.17) is 4.74 Å². The molecule has 1 aliphatic rings. The monoisotopic (exact) mass is 321 g/mol. The number of nitrogens with zero attached hydrogens (tertiary/aromatic N) is 1. The van der Waals surface area contributed by atoms with Crippen molar-refractivity contribution in [3.63, 3.8) is 0 Å². The van der Waals surface area contributed by atoms with Crippen LogP contribution in [0.5, 0.6) is 5.75 Å². The number of ether oxygens (including phenoxy) is 1. The second-order valence-corrected chi connectivity index (χ2v) is 5.47. The van der Waals surface area contributed by atoms with Crippen molar-refractivity contribution >= 4 is 15.9 Å². The van der Waals surface area contributed by atoms with Crippen LogP contribution in [0, 0.1) is 0 Å². The molecule has 5 heteroatoms. The average molecular weight is 322 g/mol. The Labute approximate surface area is 120 Å². The summed E-state index contributed by atoms with van der Waals surface area (Å²) >= 11 is 3.67. The number of rotatable bonds is 3. The molecule has 2 heterocycles.